The molecule has 0 radical (unpaired) electrons. The Morgan fingerprint density at radius 3 is 2.67 bits per heavy atom. The third kappa shape index (κ3) is 3.82. The number of alkyl halides is 2. The molecule has 0 saturated heterocycles. The Labute approximate surface area is 104 Å². The van der Waals surface area contributed by atoms with Crippen molar-refractivity contribution in [2.24, 2.45) is 5.92 Å². The zero-order valence-electron chi connectivity index (χ0n) is 10.1. The first kappa shape index (κ1) is 13.1. The van der Waals surface area contributed by atoms with Crippen LogP contribution in [0.1, 0.15) is 26.2 Å². The lowest BCUT2D eigenvalue weighted by Crippen LogP contribution is -2.15. The van der Waals surface area contributed by atoms with Crippen LogP contribution in [0.15, 0.2) is 18.2 Å². The number of hydrogen-bond donors (Lipinski definition) is 1. The summed E-state index contributed by atoms with van der Waals surface area (Å²) in [5, 5.41) is 3.15. The summed E-state index contributed by atoms with van der Waals surface area (Å²) in [7, 11) is 0. The molecule has 5 heteroatoms. The van der Waals surface area contributed by atoms with E-state index in [1.54, 1.807) is 6.07 Å². The van der Waals surface area contributed by atoms with Crippen molar-refractivity contribution >= 4 is 5.69 Å². The second-order valence-corrected chi connectivity index (χ2v) is 4.75. The van der Waals surface area contributed by atoms with Gasteiger partial charge in [0.15, 0.2) is 11.6 Å². The standard InChI is InChI=1S/C13H16F3NO/c1-8(6-9-2-3-9)17-10-4-5-12(11(14)7-10)18-13(15)16/h4-5,7-9,13,17H,2-3,6H2,1H3. The van der Waals surface area contributed by atoms with Crippen molar-refractivity contribution < 1.29 is 17.9 Å². The molecule has 100 valence electrons. The predicted octanol–water partition coefficient (Wildman–Crippen LogP) is 4.03. The number of anilines is 1. The second kappa shape index (κ2) is 5.50. The first-order valence-electron chi connectivity index (χ1n) is 6.05. The first-order chi connectivity index (χ1) is 8.54. The number of nitrogens with one attached hydrogen (secondary N) is 1. The van der Waals surface area contributed by atoms with E-state index in [4.69, 9.17) is 0 Å². The highest BCUT2D eigenvalue weighted by molar-refractivity contribution is 5.47. The molecule has 2 nitrogen and oxygen atoms in total. The fourth-order valence-corrected chi connectivity index (χ4v) is 1.98. The van der Waals surface area contributed by atoms with Crippen molar-refractivity contribution in [3.8, 4) is 5.75 Å². The van der Waals surface area contributed by atoms with Gasteiger partial charge in [-0.2, -0.15) is 8.78 Å². The minimum Gasteiger partial charge on any atom is -0.432 e. The molecule has 1 aromatic rings. The number of ether oxygens (including phenoxy) is 1. The van der Waals surface area contributed by atoms with Crippen molar-refractivity contribution in [1.82, 2.24) is 0 Å². The monoisotopic (exact) mass is 259 g/mol. The molecule has 0 aromatic heterocycles. The van der Waals surface area contributed by atoms with E-state index in [9.17, 15) is 13.2 Å². The van der Waals surface area contributed by atoms with Crippen LogP contribution in [-0.4, -0.2) is 12.7 Å². The highest BCUT2D eigenvalue weighted by Gasteiger charge is 2.23. The summed E-state index contributed by atoms with van der Waals surface area (Å²) in [6, 6.07) is 4.19. The van der Waals surface area contributed by atoms with E-state index < -0.39 is 18.2 Å². The molecule has 1 aliphatic rings. The molecule has 18 heavy (non-hydrogen) atoms. The third-order valence-corrected chi connectivity index (χ3v) is 2.94. The van der Waals surface area contributed by atoms with Gasteiger partial charge in [-0.3, -0.25) is 0 Å². The molecular weight excluding hydrogens is 243 g/mol. The Morgan fingerprint density at radius 1 is 1.39 bits per heavy atom. The Bertz CT molecular complexity index is 407. The molecule has 1 atom stereocenters. The fraction of sp³-hybridized carbons (Fsp3) is 0.538. The summed E-state index contributed by atoms with van der Waals surface area (Å²) < 4.78 is 41.4. The minimum atomic E-state index is -3.01. The Morgan fingerprint density at radius 2 is 2.11 bits per heavy atom. The van der Waals surface area contributed by atoms with Crippen LogP contribution < -0.4 is 10.1 Å². The molecule has 1 aromatic carbocycles. The Hall–Kier alpha value is -1.39. The lowest BCUT2D eigenvalue weighted by atomic mass is 10.1. The largest absolute Gasteiger partial charge is 0.432 e. The van der Waals surface area contributed by atoms with Gasteiger partial charge in [0.05, 0.1) is 0 Å². The highest BCUT2D eigenvalue weighted by atomic mass is 19.3. The molecule has 0 bridgehead atoms. The maximum absolute atomic E-state index is 13.4. The zero-order chi connectivity index (χ0) is 13.1. The van der Waals surface area contributed by atoms with Gasteiger partial charge in [-0.05, 0) is 31.4 Å². The van der Waals surface area contributed by atoms with Crippen LogP contribution in [0, 0.1) is 11.7 Å². The Balaban J connectivity index is 1.94. The van der Waals surface area contributed by atoms with Gasteiger partial charge < -0.3 is 10.1 Å². The van der Waals surface area contributed by atoms with Crippen LogP contribution in [0.4, 0.5) is 18.9 Å². The molecule has 1 N–H and O–H groups in total. The maximum Gasteiger partial charge on any atom is 0.387 e. The lowest BCUT2D eigenvalue weighted by molar-refractivity contribution is -0.0521. The topological polar surface area (TPSA) is 21.3 Å². The number of hydrogen-bond acceptors (Lipinski definition) is 2. The van der Waals surface area contributed by atoms with E-state index in [0.717, 1.165) is 12.3 Å². The average Bonchev–Trinajstić information content (AvgIpc) is 3.05. The lowest BCUT2D eigenvalue weighted by Gasteiger charge is -2.15. The molecule has 0 aliphatic heterocycles. The summed E-state index contributed by atoms with van der Waals surface area (Å²) in [5.74, 6) is -0.428. The summed E-state index contributed by atoms with van der Waals surface area (Å²) in [6.45, 7) is -0.980. The van der Waals surface area contributed by atoms with Gasteiger partial charge in [-0.1, -0.05) is 12.8 Å². The number of halogens is 3. The van der Waals surface area contributed by atoms with Crippen LogP contribution >= 0.6 is 0 Å². The van der Waals surface area contributed by atoms with E-state index in [0.29, 0.717) is 5.69 Å². The van der Waals surface area contributed by atoms with Crippen molar-refractivity contribution in [1.29, 1.82) is 0 Å². The van der Waals surface area contributed by atoms with Gasteiger partial charge in [0.1, 0.15) is 0 Å². The maximum atomic E-state index is 13.4. The van der Waals surface area contributed by atoms with Gasteiger partial charge in [0.25, 0.3) is 0 Å². The molecule has 1 saturated carbocycles. The van der Waals surface area contributed by atoms with Crippen LogP contribution in [0.2, 0.25) is 0 Å². The van der Waals surface area contributed by atoms with Crippen molar-refractivity contribution in [3.05, 3.63) is 24.0 Å². The molecule has 0 spiro atoms. The van der Waals surface area contributed by atoms with Crippen LogP contribution in [-0.2, 0) is 0 Å². The molecule has 1 fully saturated rings. The zero-order valence-corrected chi connectivity index (χ0v) is 10.1. The van der Waals surface area contributed by atoms with Crippen molar-refractivity contribution in [2.45, 2.75) is 38.8 Å². The van der Waals surface area contributed by atoms with E-state index in [1.165, 1.54) is 25.0 Å². The van der Waals surface area contributed by atoms with E-state index >= 15 is 0 Å². The van der Waals surface area contributed by atoms with Crippen molar-refractivity contribution in [2.75, 3.05) is 5.32 Å². The van der Waals surface area contributed by atoms with Gasteiger partial charge in [-0.15, -0.1) is 0 Å². The van der Waals surface area contributed by atoms with E-state index in [1.807, 2.05) is 6.92 Å². The second-order valence-electron chi connectivity index (χ2n) is 4.75. The van der Waals surface area contributed by atoms with Gasteiger partial charge in [-0.25, -0.2) is 4.39 Å². The molecule has 1 aliphatic carbocycles. The fourth-order valence-electron chi connectivity index (χ4n) is 1.98. The summed E-state index contributed by atoms with van der Waals surface area (Å²) in [4.78, 5) is 0. The molecular formula is C13H16F3NO. The quantitative estimate of drug-likeness (QED) is 0.832. The van der Waals surface area contributed by atoms with Crippen LogP contribution in [0.3, 0.4) is 0 Å². The predicted molar refractivity (Wildman–Crippen MR) is 63.5 cm³/mol. The van der Waals surface area contributed by atoms with Gasteiger partial charge >= 0.3 is 6.61 Å². The van der Waals surface area contributed by atoms with Gasteiger partial charge in [0.2, 0.25) is 0 Å². The smallest absolute Gasteiger partial charge is 0.387 e. The van der Waals surface area contributed by atoms with Crippen LogP contribution in [0.5, 0.6) is 5.75 Å². The Kier molecular flexibility index (Phi) is 3.99. The first-order valence-corrected chi connectivity index (χ1v) is 6.05. The normalized spacial score (nSPS) is 16.7. The number of benzene rings is 1. The van der Waals surface area contributed by atoms with E-state index in [-0.39, 0.29) is 6.04 Å². The molecule has 0 heterocycles. The molecule has 2 rings (SSSR count). The van der Waals surface area contributed by atoms with Crippen molar-refractivity contribution in [3.63, 3.8) is 0 Å². The van der Waals surface area contributed by atoms with E-state index in [2.05, 4.69) is 10.1 Å². The highest BCUT2D eigenvalue weighted by Crippen LogP contribution is 2.34. The summed E-state index contributed by atoms with van der Waals surface area (Å²) in [5.41, 5.74) is 0.585. The SMILES string of the molecule is CC(CC1CC1)Nc1ccc(OC(F)F)c(F)c1. The minimum absolute atomic E-state index is 0.249. The van der Waals surface area contributed by atoms with Gasteiger partial charge in [0, 0.05) is 17.8 Å². The molecule has 1 unspecified atom stereocenters. The van der Waals surface area contributed by atoms with Crippen LogP contribution in [0.25, 0.3) is 0 Å². The summed E-state index contributed by atoms with van der Waals surface area (Å²) in [6.07, 6.45) is 3.58. The third-order valence-electron chi connectivity index (χ3n) is 2.94. The summed E-state index contributed by atoms with van der Waals surface area (Å²) >= 11 is 0. The number of rotatable bonds is 6. The average molecular weight is 259 g/mol. The molecule has 0 amide bonds.